The lowest BCUT2D eigenvalue weighted by atomic mass is 10.2. The quantitative estimate of drug-likeness (QED) is 0.729. The monoisotopic (exact) mass is 291 g/mol. The SMILES string of the molecule is Cc1ccc2c(c1)nc(N)n2-c1ccc(Cl)c(Cl)c1. The van der Waals surface area contributed by atoms with Gasteiger partial charge in [0.2, 0.25) is 5.95 Å². The number of nitrogen functional groups attached to an aromatic ring is 1. The van der Waals surface area contributed by atoms with Crippen molar-refractivity contribution in [1.29, 1.82) is 0 Å². The lowest BCUT2D eigenvalue weighted by molar-refractivity contribution is 1.11. The summed E-state index contributed by atoms with van der Waals surface area (Å²) in [7, 11) is 0. The van der Waals surface area contributed by atoms with Crippen molar-refractivity contribution in [1.82, 2.24) is 9.55 Å². The van der Waals surface area contributed by atoms with Gasteiger partial charge in [-0.05, 0) is 42.8 Å². The van der Waals surface area contributed by atoms with Crippen LogP contribution in [0.15, 0.2) is 36.4 Å². The van der Waals surface area contributed by atoms with Crippen molar-refractivity contribution in [2.45, 2.75) is 6.92 Å². The molecule has 19 heavy (non-hydrogen) atoms. The first-order chi connectivity index (χ1) is 9.06. The average molecular weight is 292 g/mol. The fraction of sp³-hybridized carbons (Fsp3) is 0.0714. The molecule has 0 atom stereocenters. The maximum atomic E-state index is 6.05. The number of anilines is 1. The summed E-state index contributed by atoms with van der Waals surface area (Å²) in [5, 5.41) is 1.01. The number of nitrogens with zero attached hydrogens (tertiary/aromatic N) is 2. The van der Waals surface area contributed by atoms with E-state index < -0.39 is 0 Å². The molecule has 3 nitrogen and oxygen atoms in total. The van der Waals surface area contributed by atoms with E-state index in [-0.39, 0.29) is 0 Å². The Morgan fingerprint density at radius 3 is 2.58 bits per heavy atom. The van der Waals surface area contributed by atoms with E-state index in [0.29, 0.717) is 16.0 Å². The zero-order valence-electron chi connectivity index (χ0n) is 10.2. The van der Waals surface area contributed by atoms with Crippen LogP contribution in [0.4, 0.5) is 5.95 Å². The van der Waals surface area contributed by atoms with Crippen molar-refractivity contribution >= 4 is 40.2 Å². The van der Waals surface area contributed by atoms with Crippen molar-refractivity contribution in [2.24, 2.45) is 0 Å². The first-order valence-corrected chi connectivity index (χ1v) is 6.52. The predicted molar refractivity (Wildman–Crippen MR) is 80.2 cm³/mol. The summed E-state index contributed by atoms with van der Waals surface area (Å²) in [6.07, 6.45) is 0. The number of imidazole rings is 1. The summed E-state index contributed by atoms with van der Waals surface area (Å²) in [6.45, 7) is 2.02. The molecule has 1 heterocycles. The van der Waals surface area contributed by atoms with Crippen LogP contribution in [-0.2, 0) is 0 Å². The molecule has 1 aromatic heterocycles. The van der Waals surface area contributed by atoms with Crippen LogP contribution in [0, 0.1) is 6.92 Å². The van der Waals surface area contributed by atoms with Gasteiger partial charge in [0.25, 0.3) is 0 Å². The number of hydrogen-bond acceptors (Lipinski definition) is 2. The van der Waals surface area contributed by atoms with Gasteiger partial charge < -0.3 is 5.73 Å². The maximum Gasteiger partial charge on any atom is 0.205 e. The van der Waals surface area contributed by atoms with Crippen molar-refractivity contribution in [2.75, 3.05) is 5.73 Å². The standard InChI is InChI=1S/C14H11Cl2N3/c1-8-2-5-13-12(6-8)18-14(17)19(13)9-3-4-10(15)11(16)7-9/h2-7H,1H3,(H2,17,18). The van der Waals surface area contributed by atoms with Crippen LogP contribution in [0.25, 0.3) is 16.7 Å². The van der Waals surface area contributed by atoms with Gasteiger partial charge in [0.15, 0.2) is 0 Å². The number of nitrogens with two attached hydrogens (primary N) is 1. The molecule has 0 bridgehead atoms. The highest BCUT2D eigenvalue weighted by Crippen LogP contribution is 2.28. The number of aryl methyl sites for hydroxylation is 1. The third-order valence-corrected chi connectivity index (χ3v) is 3.74. The minimum atomic E-state index is 0.430. The molecule has 0 aliphatic carbocycles. The third-order valence-electron chi connectivity index (χ3n) is 3.00. The summed E-state index contributed by atoms with van der Waals surface area (Å²) in [5.41, 5.74) is 9.80. The Morgan fingerprint density at radius 2 is 1.84 bits per heavy atom. The third kappa shape index (κ3) is 2.05. The topological polar surface area (TPSA) is 43.8 Å². The summed E-state index contributed by atoms with van der Waals surface area (Å²) in [4.78, 5) is 4.37. The maximum absolute atomic E-state index is 6.05. The van der Waals surface area contributed by atoms with Gasteiger partial charge in [-0.15, -0.1) is 0 Å². The largest absolute Gasteiger partial charge is 0.369 e. The smallest absolute Gasteiger partial charge is 0.205 e. The zero-order valence-corrected chi connectivity index (χ0v) is 11.7. The van der Waals surface area contributed by atoms with E-state index in [2.05, 4.69) is 4.98 Å². The Labute approximate surface area is 120 Å². The Kier molecular flexibility index (Phi) is 2.88. The first kappa shape index (κ1) is 12.3. The van der Waals surface area contributed by atoms with Crippen LogP contribution < -0.4 is 5.73 Å². The summed E-state index contributed by atoms with van der Waals surface area (Å²) in [5.74, 6) is 0.430. The average Bonchev–Trinajstić information content (AvgIpc) is 2.68. The molecule has 3 aromatic rings. The first-order valence-electron chi connectivity index (χ1n) is 5.76. The molecule has 0 saturated heterocycles. The minimum absolute atomic E-state index is 0.430. The number of hydrogen-bond donors (Lipinski definition) is 1. The molecule has 2 aromatic carbocycles. The molecule has 0 amide bonds. The van der Waals surface area contributed by atoms with E-state index in [9.17, 15) is 0 Å². The Bertz CT molecular complexity index is 778. The van der Waals surface area contributed by atoms with E-state index in [1.54, 1.807) is 12.1 Å². The second kappa shape index (κ2) is 4.44. The molecular weight excluding hydrogens is 281 g/mol. The van der Waals surface area contributed by atoms with Crippen molar-refractivity contribution in [3.63, 3.8) is 0 Å². The van der Waals surface area contributed by atoms with Crippen LogP contribution in [-0.4, -0.2) is 9.55 Å². The van der Waals surface area contributed by atoms with E-state index >= 15 is 0 Å². The number of fused-ring (bicyclic) bond motifs is 1. The van der Waals surface area contributed by atoms with Crippen LogP contribution in [0.5, 0.6) is 0 Å². The number of benzene rings is 2. The van der Waals surface area contributed by atoms with Gasteiger partial charge in [0.05, 0.1) is 26.8 Å². The zero-order chi connectivity index (χ0) is 13.6. The van der Waals surface area contributed by atoms with E-state index in [4.69, 9.17) is 28.9 Å². The second-order valence-corrected chi connectivity index (χ2v) is 5.21. The highest BCUT2D eigenvalue weighted by atomic mass is 35.5. The van der Waals surface area contributed by atoms with Gasteiger partial charge in [-0.3, -0.25) is 4.57 Å². The molecular formula is C14H11Cl2N3. The Hall–Kier alpha value is -1.71. The van der Waals surface area contributed by atoms with Crippen LogP contribution in [0.2, 0.25) is 10.0 Å². The lowest BCUT2D eigenvalue weighted by Crippen LogP contribution is -2.00. The summed E-state index contributed by atoms with van der Waals surface area (Å²) in [6, 6.07) is 11.4. The second-order valence-electron chi connectivity index (χ2n) is 4.40. The molecule has 0 fully saturated rings. The van der Waals surface area contributed by atoms with E-state index in [1.807, 2.05) is 35.8 Å². The molecule has 0 spiro atoms. The molecule has 0 radical (unpaired) electrons. The molecule has 3 rings (SSSR count). The molecule has 5 heteroatoms. The highest BCUT2D eigenvalue weighted by molar-refractivity contribution is 6.42. The molecule has 0 aliphatic heterocycles. The van der Waals surface area contributed by atoms with Gasteiger partial charge >= 0.3 is 0 Å². The number of aromatic nitrogens is 2. The van der Waals surface area contributed by atoms with Crippen molar-refractivity contribution in [3.05, 3.63) is 52.0 Å². The molecule has 0 aliphatic rings. The Morgan fingerprint density at radius 1 is 1.05 bits per heavy atom. The fourth-order valence-corrected chi connectivity index (χ4v) is 2.40. The highest BCUT2D eigenvalue weighted by Gasteiger charge is 2.11. The van der Waals surface area contributed by atoms with E-state index in [0.717, 1.165) is 22.3 Å². The van der Waals surface area contributed by atoms with Gasteiger partial charge in [-0.1, -0.05) is 29.3 Å². The van der Waals surface area contributed by atoms with Gasteiger partial charge in [-0.25, -0.2) is 4.98 Å². The molecule has 2 N–H and O–H groups in total. The Balaban J connectivity index is 2.29. The molecule has 96 valence electrons. The van der Waals surface area contributed by atoms with Gasteiger partial charge in [-0.2, -0.15) is 0 Å². The number of halogens is 2. The molecule has 0 unspecified atom stereocenters. The molecule has 0 saturated carbocycles. The summed E-state index contributed by atoms with van der Waals surface area (Å²) < 4.78 is 1.86. The van der Waals surface area contributed by atoms with E-state index in [1.165, 1.54) is 0 Å². The van der Waals surface area contributed by atoms with Crippen LogP contribution >= 0.6 is 23.2 Å². The fourth-order valence-electron chi connectivity index (χ4n) is 2.10. The van der Waals surface area contributed by atoms with Crippen molar-refractivity contribution in [3.8, 4) is 5.69 Å². The normalized spacial score (nSPS) is 11.1. The lowest BCUT2D eigenvalue weighted by Gasteiger charge is -2.07. The van der Waals surface area contributed by atoms with Gasteiger partial charge in [0, 0.05) is 0 Å². The minimum Gasteiger partial charge on any atom is -0.369 e. The van der Waals surface area contributed by atoms with Crippen molar-refractivity contribution < 1.29 is 0 Å². The number of rotatable bonds is 1. The summed E-state index contributed by atoms with van der Waals surface area (Å²) >= 11 is 12.0. The van der Waals surface area contributed by atoms with Crippen LogP contribution in [0.1, 0.15) is 5.56 Å². The predicted octanol–water partition coefficient (Wildman–Crippen LogP) is 4.22. The van der Waals surface area contributed by atoms with Gasteiger partial charge in [0.1, 0.15) is 0 Å². The van der Waals surface area contributed by atoms with Crippen LogP contribution in [0.3, 0.4) is 0 Å².